The third-order valence-corrected chi connectivity index (χ3v) is 2.96. The van der Waals surface area contributed by atoms with Crippen LogP contribution in [0.25, 0.3) is 0 Å². The zero-order valence-electron chi connectivity index (χ0n) is 7.94. The van der Waals surface area contributed by atoms with Crippen LogP contribution in [0.3, 0.4) is 0 Å². The van der Waals surface area contributed by atoms with Crippen LogP contribution < -0.4 is 5.32 Å². The Balaban J connectivity index is 1.63. The molecule has 2 heteroatoms. The predicted octanol–water partition coefficient (Wildman–Crippen LogP) is 1.41. The van der Waals surface area contributed by atoms with Gasteiger partial charge in [0.1, 0.15) is 0 Å². The van der Waals surface area contributed by atoms with Crippen LogP contribution in [0.5, 0.6) is 0 Å². The molecular weight excluding hydrogens is 150 g/mol. The largest absolute Gasteiger partial charge is 0.381 e. The van der Waals surface area contributed by atoms with Crippen LogP contribution in [0.4, 0.5) is 0 Å². The fourth-order valence-electron chi connectivity index (χ4n) is 1.75. The molecule has 1 saturated heterocycles. The minimum atomic E-state index is 0.425. The molecule has 70 valence electrons. The van der Waals surface area contributed by atoms with Crippen molar-refractivity contribution in [1.29, 1.82) is 0 Å². The number of hydrogen-bond acceptors (Lipinski definition) is 2. The van der Waals surface area contributed by atoms with Gasteiger partial charge in [0.25, 0.3) is 0 Å². The van der Waals surface area contributed by atoms with Gasteiger partial charge in [0.15, 0.2) is 0 Å². The van der Waals surface area contributed by atoms with Gasteiger partial charge in [-0.3, -0.25) is 0 Å². The minimum Gasteiger partial charge on any atom is -0.381 e. The summed E-state index contributed by atoms with van der Waals surface area (Å²) in [6, 6.07) is 0. The maximum absolute atomic E-state index is 5.70. The number of hydrogen-bond donors (Lipinski definition) is 1. The van der Waals surface area contributed by atoms with Gasteiger partial charge in [0.05, 0.1) is 6.61 Å². The van der Waals surface area contributed by atoms with Gasteiger partial charge in [-0.2, -0.15) is 0 Å². The molecular formula is C10H19NO. The molecule has 0 spiro atoms. The first-order valence-electron chi connectivity index (χ1n) is 5.07. The normalized spacial score (nSPS) is 35.8. The van der Waals surface area contributed by atoms with E-state index in [2.05, 4.69) is 12.2 Å². The van der Waals surface area contributed by atoms with Gasteiger partial charge in [-0.25, -0.2) is 0 Å². The number of nitrogens with one attached hydrogen (secondary N) is 1. The van der Waals surface area contributed by atoms with Gasteiger partial charge in [-0.15, -0.1) is 0 Å². The second-order valence-corrected chi connectivity index (χ2v) is 4.70. The molecule has 0 radical (unpaired) electrons. The fourth-order valence-corrected chi connectivity index (χ4v) is 1.75. The molecule has 0 unspecified atom stereocenters. The highest BCUT2D eigenvalue weighted by atomic mass is 16.5. The summed E-state index contributed by atoms with van der Waals surface area (Å²) in [6.07, 6.45) is 4.07. The Morgan fingerprint density at radius 1 is 1.50 bits per heavy atom. The van der Waals surface area contributed by atoms with E-state index in [1.807, 2.05) is 0 Å². The lowest BCUT2D eigenvalue weighted by Gasteiger charge is -2.22. The molecule has 1 heterocycles. The molecule has 1 saturated carbocycles. The first kappa shape index (κ1) is 8.52. The maximum Gasteiger partial charge on any atom is 0.0532 e. The van der Waals surface area contributed by atoms with Gasteiger partial charge in [-0.1, -0.05) is 6.92 Å². The molecule has 1 aliphatic heterocycles. The molecule has 0 bridgehead atoms. The highest BCUT2D eigenvalue weighted by Gasteiger charge is 2.29. The first-order chi connectivity index (χ1) is 5.79. The van der Waals surface area contributed by atoms with E-state index in [0.717, 1.165) is 25.7 Å². The molecule has 1 N–H and O–H groups in total. The smallest absolute Gasteiger partial charge is 0.0532 e. The lowest BCUT2D eigenvalue weighted by atomic mass is 9.91. The predicted molar refractivity (Wildman–Crippen MR) is 49.1 cm³/mol. The van der Waals surface area contributed by atoms with Crippen LogP contribution in [-0.4, -0.2) is 26.3 Å². The third-order valence-electron chi connectivity index (χ3n) is 2.96. The van der Waals surface area contributed by atoms with E-state index < -0.39 is 0 Å². The van der Waals surface area contributed by atoms with Crippen LogP contribution in [0.2, 0.25) is 0 Å². The Morgan fingerprint density at radius 2 is 2.33 bits per heavy atom. The van der Waals surface area contributed by atoms with Crippen molar-refractivity contribution in [3.63, 3.8) is 0 Å². The Hall–Kier alpha value is -0.0800. The highest BCUT2D eigenvalue weighted by molar-refractivity contribution is 4.83. The van der Waals surface area contributed by atoms with Crippen molar-refractivity contribution in [3.05, 3.63) is 0 Å². The van der Waals surface area contributed by atoms with E-state index in [0.29, 0.717) is 5.41 Å². The zero-order valence-corrected chi connectivity index (χ0v) is 7.94. The molecule has 2 fully saturated rings. The second kappa shape index (κ2) is 3.35. The van der Waals surface area contributed by atoms with Gasteiger partial charge < -0.3 is 10.1 Å². The number of ether oxygens (including phenoxy) is 1. The molecule has 1 aliphatic carbocycles. The summed E-state index contributed by atoms with van der Waals surface area (Å²) in [6.45, 7) is 6.59. The summed E-state index contributed by atoms with van der Waals surface area (Å²) >= 11 is 0. The van der Waals surface area contributed by atoms with Gasteiger partial charge in [-0.05, 0) is 31.7 Å². The Bertz CT molecular complexity index is 148. The van der Waals surface area contributed by atoms with Crippen LogP contribution in [0.1, 0.15) is 26.2 Å². The van der Waals surface area contributed by atoms with E-state index in [1.165, 1.54) is 25.8 Å². The lowest BCUT2D eigenvalue weighted by molar-refractivity contribution is 0.0564. The Morgan fingerprint density at radius 3 is 2.92 bits per heavy atom. The standard InChI is InChI=1S/C10H19NO/c1-10(4-5-11-7-10)8-12-6-9-2-3-9/h9,11H,2-8H2,1H3/t10-/m1/s1. The van der Waals surface area contributed by atoms with Gasteiger partial charge >= 0.3 is 0 Å². The molecule has 2 rings (SSSR count). The lowest BCUT2D eigenvalue weighted by Crippen LogP contribution is -2.26. The third kappa shape index (κ3) is 2.20. The molecule has 0 aromatic carbocycles. The molecule has 0 amide bonds. The SMILES string of the molecule is C[C@@]1(COCC2CC2)CCNC1. The molecule has 2 nitrogen and oxygen atoms in total. The fraction of sp³-hybridized carbons (Fsp3) is 1.00. The van der Waals surface area contributed by atoms with Crippen molar-refractivity contribution in [2.75, 3.05) is 26.3 Å². The highest BCUT2D eigenvalue weighted by Crippen LogP contribution is 2.30. The molecule has 0 aromatic rings. The summed E-state index contributed by atoms with van der Waals surface area (Å²) in [5, 5.41) is 3.39. The molecule has 1 atom stereocenters. The van der Waals surface area contributed by atoms with Crippen LogP contribution in [0, 0.1) is 11.3 Å². The van der Waals surface area contributed by atoms with Gasteiger partial charge in [0, 0.05) is 18.6 Å². The van der Waals surface area contributed by atoms with Gasteiger partial charge in [0.2, 0.25) is 0 Å². The monoisotopic (exact) mass is 169 g/mol. The van der Waals surface area contributed by atoms with Crippen molar-refractivity contribution in [1.82, 2.24) is 5.32 Å². The number of rotatable bonds is 4. The van der Waals surface area contributed by atoms with Crippen molar-refractivity contribution < 1.29 is 4.74 Å². The van der Waals surface area contributed by atoms with Crippen LogP contribution in [0.15, 0.2) is 0 Å². The minimum absolute atomic E-state index is 0.425. The topological polar surface area (TPSA) is 21.3 Å². The summed E-state index contributed by atoms with van der Waals surface area (Å²) < 4.78 is 5.70. The van der Waals surface area contributed by atoms with E-state index in [-0.39, 0.29) is 0 Å². The van der Waals surface area contributed by atoms with Crippen molar-refractivity contribution >= 4 is 0 Å². The Labute approximate surface area is 74.7 Å². The van der Waals surface area contributed by atoms with E-state index in [4.69, 9.17) is 4.74 Å². The summed E-state index contributed by atoms with van der Waals surface area (Å²) in [7, 11) is 0. The average Bonchev–Trinajstić information content (AvgIpc) is 2.75. The van der Waals surface area contributed by atoms with Crippen molar-refractivity contribution in [2.24, 2.45) is 11.3 Å². The average molecular weight is 169 g/mol. The quantitative estimate of drug-likeness (QED) is 0.687. The van der Waals surface area contributed by atoms with E-state index >= 15 is 0 Å². The summed E-state index contributed by atoms with van der Waals surface area (Å²) in [5.74, 6) is 0.906. The Kier molecular flexibility index (Phi) is 2.37. The molecule has 2 aliphatic rings. The van der Waals surface area contributed by atoms with Crippen molar-refractivity contribution in [2.45, 2.75) is 26.2 Å². The first-order valence-corrected chi connectivity index (χ1v) is 5.07. The second-order valence-electron chi connectivity index (χ2n) is 4.70. The zero-order chi connectivity index (χ0) is 8.44. The maximum atomic E-state index is 5.70. The van der Waals surface area contributed by atoms with Crippen molar-refractivity contribution in [3.8, 4) is 0 Å². The summed E-state index contributed by atoms with van der Waals surface area (Å²) in [4.78, 5) is 0. The summed E-state index contributed by atoms with van der Waals surface area (Å²) in [5.41, 5.74) is 0.425. The van der Waals surface area contributed by atoms with E-state index in [1.54, 1.807) is 0 Å². The van der Waals surface area contributed by atoms with E-state index in [9.17, 15) is 0 Å². The van der Waals surface area contributed by atoms with Crippen LogP contribution in [-0.2, 0) is 4.74 Å². The molecule has 12 heavy (non-hydrogen) atoms. The van der Waals surface area contributed by atoms with Crippen LogP contribution >= 0.6 is 0 Å². The molecule has 0 aromatic heterocycles.